The normalized spacial score (nSPS) is 10.5. The van der Waals surface area contributed by atoms with Crippen molar-refractivity contribution in [1.82, 2.24) is 0 Å². The zero-order chi connectivity index (χ0) is 14.0. The summed E-state index contributed by atoms with van der Waals surface area (Å²) in [6.45, 7) is 1.67. The zero-order valence-corrected chi connectivity index (χ0v) is 11.5. The predicted molar refractivity (Wildman–Crippen MR) is 68.8 cm³/mol. The van der Waals surface area contributed by atoms with Crippen molar-refractivity contribution in [2.45, 2.75) is 13.5 Å². The fourth-order valence-electron chi connectivity index (χ4n) is 1.55. The molecule has 4 nitrogen and oxygen atoms in total. The van der Waals surface area contributed by atoms with Crippen LogP contribution in [0.2, 0.25) is 0 Å². The van der Waals surface area contributed by atoms with E-state index >= 15 is 0 Å². The Morgan fingerprint density at radius 1 is 1.47 bits per heavy atom. The number of carbonyl (C=O) groups is 1. The lowest BCUT2D eigenvalue weighted by Gasteiger charge is -2.04. The van der Waals surface area contributed by atoms with E-state index in [4.69, 9.17) is 14.3 Å². The maximum absolute atomic E-state index is 13.3. The fraction of sp³-hybridized carbons (Fsp3) is 0.154. The van der Waals surface area contributed by atoms with Crippen LogP contribution < -0.4 is 4.74 Å². The van der Waals surface area contributed by atoms with Gasteiger partial charge in [-0.2, -0.15) is 0 Å². The lowest BCUT2D eigenvalue weighted by molar-refractivity contribution is 0.0657. The van der Waals surface area contributed by atoms with Gasteiger partial charge in [-0.25, -0.2) is 9.18 Å². The molecule has 0 fully saturated rings. The number of benzene rings is 1. The second-order valence-electron chi connectivity index (χ2n) is 3.89. The van der Waals surface area contributed by atoms with Crippen LogP contribution in [-0.2, 0) is 6.61 Å². The van der Waals surface area contributed by atoms with Gasteiger partial charge in [0.05, 0.1) is 4.47 Å². The summed E-state index contributed by atoms with van der Waals surface area (Å²) in [7, 11) is 0. The van der Waals surface area contributed by atoms with Gasteiger partial charge in [0, 0.05) is 11.6 Å². The smallest absolute Gasteiger partial charge is 0.372 e. The van der Waals surface area contributed by atoms with E-state index in [0.29, 0.717) is 21.5 Å². The Labute approximate surface area is 116 Å². The van der Waals surface area contributed by atoms with Crippen LogP contribution in [0, 0.1) is 12.7 Å². The first-order valence-electron chi connectivity index (χ1n) is 5.38. The zero-order valence-electron chi connectivity index (χ0n) is 9.94. The topological polar surface area (TPSA) is 59.7 Å². The third-order valence-electron chi connectivity index (χ3n) is 2.44. The standard InChI is InChI=1S/C13H10BrFO4/c1-7-4-9(19-12(7)13(16)17)6-18-8-2-3-10(14)11(15)5-8/h2-5H,6H2,1H3,(H,16,17). The summed E-state index contributed by atoms with van der Waals surface area (Å²) < 4.78 is 24.1. The minimum absolute atomic E-state index is 0.0369. The molecule has 1 heterocycles. The number of ether oxygens (including phenoxy) is 1. The molecule has 0 aliphatic heterocycles. The highest BCUT2D eigenvalue weighted by Crippen LogP contribution is 2.22. The second-order valence-corrected chi connectivity index (χ2v) is 4.75. The minimum atomic E-state index is -1.13. The molecule has 0 saturated heterocycles. The highest BCUT2D eigenvalue weighted by Gasteiger charge is 2.14. The van der Waals surface area contributed by atoms with Gasteiger partial charge in [0.15, 0.2) is 0 Å². The molecular weight excluding hydrogens is 319 g/mol. The summed E-state index contributed by atoms with van der Waals surface area (Å²) in [5, 5.41) is 8.84. The number of hydrogen-bond acceptors (Lipinski definition) is 3. The van der Waals surface area contributed by atoms with Gasteiger partial charge in [-0.3, -0.25) is 0 Å². The minimum Gasteiger partial charge on any atom is -0.486 e. The molecule has 1 aromatic carbocycles. The van der Waals surface area contributed by atoms with E-state index in [9.17, 15) is 9.18 Å². The molecule has 1 N–H and O–H groups in total. The van der Waals surface area contributed by atoms with Crippen molar-refractivity contribution in [3.05, 3.63) is 51.6 Å². The Morgan fingerprint density at radius 2 is 2.21 bits per heavy atom. The van der Waals surface area contributed by atoms with Crippen LogP contribution >= 0.6 is 15.9 Å². The highest BCUT2D eigenvalue weighted by atomic mass is 79.9. The largest absolute Gasteiger partial charge is 0.486 e. The van der Waals surface area contributed by atoms with Gasteiger partial charge in [-0.15, -0.1) is 0 Å². The van der Waals surface area contributed by atoms with E-state index in [2.05, 4.69) is 15.9 Å². The van der Waals surface area contributed by atoms with Crippen molar-refractivity contribution in [1.29, 1.82) is 0 Å². The van der Waals surface area contributed by atoms with Crippen molar-refractivity contribution >= 4 is 21.9 Å². The molecule has 0 radical (unpaired) electrons. The molecule has 0 bridgehead atoms. The average molecular weight is 329 g/mol. The quantitative estimate of drug-likeness (QED) is 0.928. The van der Waals surface area contributed by atoms with Gasteiger partial charge in [0.1, 0.15) is 23.9 Å². The van der Waals surface area contributed by atoms with Crippen LogP contribution in [0.5, 0.6) is 5.75 Å². The molecule has 1 aromatic heterocycles. The maximum atomic E-state index is 13.3. The number of rotatable bonds is 4. The molecule has 0 unspecified atom stereocenters. The molecule has 2 rings (SSSR count). The molecule has 0 saturated carbocycles. The van der Waals surface area contributed by atoms with Gasteiger partial charge in [0.2, 0.25) is 5.76 Å². The number of aromatic carboxylic acids is 1. The molecule has 100 valence electrons. The summed E-state index contributed by atoms with van der Waals surface area (Å²) >= 11 is 3.04. The van der Waals surface area contributed by atoms with Crippen molar-refractivity contribution in [3.63, 3.8) is 0 Å². The van der Waals surface area contributed by atoms with Gasteiger partial charge in [0.25, 0.3) is 0 Å². The fourth-order valence-corrected chi connectivity index (χ4v) is 1.80. The van der Waals surface area contributed by atoms with Gasteiger partial charge in [-0.05, 0) is 41.1 Å². The Hall–Kier alpha value is -1.82. The monoisotopic (exact) mass is 328 g/mol. The highest BCUT2D eigenvalue weighted by molar-refractivity contribution is 9.10. The van der Waals surface area contributed by atoms with E-state index in [1.807, 2.05) is 0 Å². The summed E-state index contributed by atoms with van der Waals surface area (Å²) in [6, 6.07) is 5.94. The summed E-state index contributed by atoms with van der Waals surface area (Å²) in [5.41, 5.74) is 0.521. The average Bonchev–Trinajstić information content (AvgIpc) is 2.72. The molecule has 0 spiro atoms. The third-order valence-corrected chi connectivity index (χ3v) is 3.08. The van der Waals surface area contributed by atoms with Gasteiger partial charge < -0.3 is 14.3 Å². The molecule has 0 aliphatic rings. The first-order valence-corrected chi connectivity index (χ1v) is 6.17. The summed E-state index contributed by atoms with van der Waals surface area (Å²) in [6.07, 6.45) is 0. The van der Waals surface area contributed by atoms with E-state index in [1.165, 1.54) is 12.1 Å². The van der Waals surface area contributed by atoms with E-state index < -0.39 is 11.8 Å². The van der Waals surface area contributed by atoms with Crippen molar-refractivity contribution in [2.24, 2.45) is 0 Å². The van der Waals surface area contributed by atoms with Crippen molar-refractivity contribution < 1.29 is 23.4 Å². The molecule has 2 aromatic rings. The van der Waals surface area contributed by atoms with Gasteiger partial charge >= 0.3 is 5.97 Å². The van der Waals surface area contributed by atoms with Crippen LogP contribution in [0.15, 0.2) is 33.2 Å². The third kappa shape index (κ3) is 3.14. The van der Waals surface area contributed by atoms with Gasteiger partial charge in [-0.1, -0.05) is 0 Å². The van der Waals surface area contributed by atoms with Crippen LogP contribution in [0.1, 0.15) is 21.9 Å². The Morgan fingerprint density at radius 3 is 2.79 bits per heavy atom. The van der Waals surface area contributed by atoms with E-state index in [-0.39, 0.29) is 12.4 Å². The SMILES string of the molecule is Cc1cc(COc2ccc(Br)c(F)c2)oc1C(=O)O. The number of aryl methyl sites for hydroxylation is 1. The number of hydrogen-bond donors (Lipinski definition) is 1. The molecule has 0 amide bonds. The number of halogens is 2. The molecular formula is C13H10BrFO4. The first kappa shape index (κ1) is 13.6. The first-order chi connectivity index (χ1) is 8.97. The molecule has 0 aliphatic carbocycles. The van der Waals surface area contributed by atoms with Crippen LogP contribution in [0.25, 0.3) is 0 Å². The predicted octanol–water partition coefficient (Wildman–Crippen LogP) is 3.77. The summed E-state index contributed by atoms with van der Waals surface area (Å²) in [5.74, 6) is -0.955. The lowest BCUT2D eigenvalue weighted by Crippen LogP contribution is -1.96. The molecule has 6 heteroatoms. The Balaban J connectivity index is 2.08. The number of carboxylic acid groups (broad SMARTS) is 1. The Bertz CT molecular complexity index is 621. The number of furan rings is 1. The summed E-state index contributed by atoms with van der Waals surface area (Å²) in [4.78, 5) is 10.8. The lowest BCUT2D eigenvalue weighted by atomic mass is 10.3. The van der Waals surface area contributed by atoms with E-state index in [0.717, 1.165) is 0 Å². The van der Waals surface area contributed by atoms with Crippen LogP contribution in [0.3, 0.4) is 0 Å². The maximum Gasteiger partial charge on any atom is 0.372 e. The molecule has 19 heavy (non-hydrogen) atoms. The second kappa shape index (κ2) is 5.44. The van der Waals surface area contributed by atoms with Crippen LogP contribution in [0.4, 0.5) is 4.39 Å². The van der Waals surface area contributed by atoms with E-state index in [1.54, 1.807) is 19.1 Å². The Kier molecular flexibility index (Phi) is 3.90. The molecule has 0 atom stereocenters. The van der Waals surface area contributed by atoms with Crippen molar-refractivity contribution in [2.75, 3.05) is 0 Å². The number of carboxylic acids is 1. The van der Waals surface area contributed by atoms with Crippen molar-refractivity contribution in [3.8, 4) is 5.75 Å². The van der Waals surface area contributed by atoms with Crippen LogP contribution in [-0.4, -0.2) is 11.1 Å².